The van der Waals surface area contributed by atoms with Gasteiger partial charge in [0.25, 0.3) is 0 Å². The number of nitrogen functional groups attached to an aromatic ring is 1. The summed E-state index contributed by atoms with van der Waals surface area (Å²) in [5.74, 6) is 1.56. The monoisotopic (exact) mass is 250 g/mol. The molecule has 0 saturated carbocycles. The molecule has 0 unspecified atom stereocenters. The Balaban J connectivity index is 2.13. The molecule has 1 rings (SSSR count). The van der Waals surface area contributed by atoms with Crippen molar-refractivity contribution in [2.45, 2.75) is 26.7 Å². The molecular formula is C15H26N2O. The van der Waals surface area contributed by atoms with E-state index in [1.807, 2.05) is 24.3 Å². The second-order valence-electron chi connectivity index (χ2n) is 5.23. The Labute approximate surface area is 111 Å². The maximum atomic E-state index is 5.81. The van der Waals surface area contributed by atoms with Crippen LogP contribution in [0.2, 0.25) is 0 Å². The van der Waals surface area contributed by atoms with Gasteiger partial charge in [0.2, 0.25) is 0 Å². The van der Waals surface area contributed by atoms with Crippen LogP contribution in [0.1, 0.15) is 26.7 Å². The van der Waals surface area contributed by atoms with E-state index in [9.17, 15) is 0 Å². The smallest absolute Gasteiger partial charge is 0.142 e. The molecule has 1 aromatic rings. The van der Waals surface area contributed by atoms with Gasteiger partial charge < -0.3 is 15.4 Å². The summed E-state index contributed by atoms with van der Waals surface area (Å²) >= 11 is 0. The lowest BCUT2D eigenvalue weighted by molar-refractivity contribution is 0.256. The number of hydrogen-bond donors (Lipinski definition) is 1. The van der Waals surface area contributed by atoms with Crippen molar-refractivity contribution in [1.82, 2.24) is 4.90 Å². The Morgan fingerprint density at radius 1 is 1.22 bits per heavy atom. The fourth-order valence-corrected chi connectivity index (χ4v) is 1.72. The first kappa shape index (κ1) is 14.8. The summed E-state index contributed by atoms with van der Waals surface area (Å²) in [6.07, 6.45) is 2.28. The molecule has 0 heterocycles. The van der Waals surface area contributed by atoms with Crippen molar-refractivity contribution in [3.63, 3.8) is 0 Å². The molecule has 18 heavy (non-hydrogen) atoms. The number of rotatable bonds is 8. The van der Waals surface area contributed by atoms with Gasteiger partial charge in [-0.25, -0.2) is 0 Å². The Kier molecular flexibility index (Phi) is 6.58. The second-order valence-corrected chi connectivity index (χ2v) is 5.23. The maximum absolute atomic E-state index is 5.81. The zero-order valence-electron chi connectivity index (χ0n) is 11.9. The lowest BCUT2D eigenvalue weighted by atomic mass is 10.1. The van der Waals surface area contributed by atoms with E-state index in [4.69, 9.17) is 10.5 Å². The third-order valence-electron chi connectivity index (χ3n) is 2.95. The fourth-order valence-electron chi connectivity index (χ4n) is 1.72. The molecule has 0 aliphatic rings. The Hall–Kier alpha value is -1.22. The first-order valence-corrected chi connectivity index (χ1v) is 6.75. The van der Waals surface area contributed by atoms with Crippen molar-refractivity contribution >= 4 is 5.69 Å². The SMILES string of the molecule is CC(C)CCN(C)CCCOc1ccccc1N. The van der Waals surface area contributed by atoms with Gasteiger partial charge in [0.05, 0.1) is 12.3 Å². The standard InChI is InChI=1S/C15H26N2O/c1-13(2)9-11-17(3)10-6-12-18-15-8-5-4-7-14(15)16/h4-5,7-8,13H,6,9-12,16H2,1-3H3. The van der Waals surface area contributed by atoms with Crippen LogP contribution in [0, 0.1) is 5.92 Å². The van der Waals surface area contributed by atoms with Gasteiger partial charge in [0.15, 0.2) is 0 Å². The Morgan fingerprint density at radius 2 is 1.94 bits per heavy atom. The highest BCUT2D eigenvalue weighted by Crippen LogP contribution is 2.19. The molecule has 0 bridgehead atoms. The number of hydrogen-bond acceptors (Lipinski definition) is 3. The van der Waals surface area contributed by atoms with Crippen LogP contribution >= 0.6 is 0 Å². The van der Waals surface area contributed by atoms with E-state index in [1.54, 1.807) is 0 Å². The number of para-hydroxylation sites is 2. The number of ether oxygens (including phenoxy) is 1. The molecule has 3 nitrogen and oxygen atoms in total. The molecule has 0 atom stereocenters. The van der Waals surface area contributed by atoms with Crippen LogP contribution in [0.3, 0.4) is 0 Å². The summed E-state index contributed by atoms with van der Waals surface area (Å²) in [5, 5.41) is 0. The average molecular weight is 250 g/mol. The third-order valence-corrected chi connectivity index (χ3v) is 2.95. The topological polar surface area (TPSA) is 38.5 Å². The van der Waals surface area contributed by atoms with Gasteiger partial charge in [-0.05, 0) is 44.5 Å². The van der Waals surface area contributed by atoms with Gasteiger partial charge in [-0.3, -0.25) is 0 Å². The van der Waals surface area contributed by atoms with Crippen LogP contribution in [0.15, 0.2) is 24.3 Å². The van der Waals surface area contributed by atoms with E-state index < -0.39 is 0 Å². The lowest BCUT2D eigenvalue weighted by Gasteiger charge is -2.18. The zero-order chi connectivity index (χ0) is 13.4. The first-order chi connectivity index (χ1) is 8.59. The number of anilines is 1. The van der Waals surface area contributed by atoms with Crippen molar-refractivity contribution in [1.29, 1.82) is 0 Å². The predicted molar refractivity (Wildman–Crippen MR) is 77.9 cm³/mol. The largest absolute Gasteiger partial charge is 0.491 e. The third kappa shape index (κ3) is 5.92. The van der Waals surface area contributed by atoms with Crippen molar-refractivity contribution in [2.24, 2.45) is 5.92 Å². The van der Waals surface area contributed by atoms with Crippen LogP contribution in [-0.4, -0.2) is 31.6 Å². The van der Waals surface area contributed by atoms with Gasteiger partial charge in [-0.2, -0.15) is 0 Å². The molecule has 0 fully saturated rings. The van der Waals surface area contributed by atoms with Crippen LogP contribution in [0.5, 0.6) is 5.75 Å². The lowest BCUT2D eigenvalue weighted by Crippen LogP contribution is -2.23. The molecule has 3 heteroatoms. The molecule has 0 aliphatic heterocycles. The number of nitrogens with two attached hydrogens (primary N) is 1. The molecule has 102 valence electrons. The molecule has 0 aromatic heterocycles. The average Bonchev–Trinajstić information content (AvgIpc) is 2.34. The molecular weight excluding hydrogens is 224 g/mol. The van der Waals surface area contributed by atoms with Crippen molar-refractivity contribution in [2.75, 3.05) is 32.5 Å². The van der Waals surface area contributed by atoms with Crippen molar-refractivity contribution in [3.05, 3.63) is 24.3 Å². The normalized spacial score (nSPS) is 11.2. The van der Waals surface area contributed by atoms with Gasteiger partial charge in [0.1, 0.15) is 5.75 Å². The molecule has 0 amide bonds. The van der Waals surface area contributed by atoms with E-state index in [0.29, 0.717) is 5.69 Å². The number of benzene rings is 1. The summed E-state index contributed by atoms with van der Waals surface area (Å²) in [5.41, 5.74) is 6.52. The van der Waals surface area contributed by atoms with Crippen LogP contribution < -0.4 is 10.5 Å². The number of nitrogens with zero attached hydrogens (tertiary/aromatic N) is 1. The summed E-state index contributed by atoms with van der Waals surface area (Å²) in [6, 6.07) is 7.64. The molecule has 0 saturated heterocycles. The summed E-state index contributed by atoms with van der Waals surface area (Å²) in [6.45, 7) is 7.47. The van der Waals surface area contributed by atoms with Crippen molar-refractivity contribution in [3.8, 4) is 5.75 Å². The van der Waals surface area contributed by atoms with E-state index in [0.717, 1.165) is 37.8 Å². The second kappa shape index (κ2) is 7.98. The molecule has 1 aromatic carbocycles. The quantitative estimate of drug-likeness (QED) is 0.569. The molecule has 0 aliphatic carbocycles. The van der Waals surface area contributed by atoms with Gasteiger partial charge in [-0.1, -0.05) is 26.0 Å². The summed E-state index contributed by atoms with van der Waals surface area (Å²) < 4.78 is 5.66. The fraction of sp³-hybridized carbons (Fsp3) is 0.600. The van der Waals surface area contributed by atoms with E-state index >= 15 is 0 Å². The minimum atomic E-state index is 0.714. The predicted octanol–water partition coefficient (Wildman–Crippen LogP) is 3.02. The Morgan fingerprint density at radius 3 is 2.61 bits per heavy atom. The minimum Gasteiger partial charge on any atom is -0.491 e. The maximum Gasteiger partial charge on any atom is 0.142 e. The highest BCUT2D eigenvalue weighted by atomic mass is 16.5. The highest BCUT2D eigenvalue weighted by molar-refractivity contribution is 5.51. The first-order valence-electron chi connectivity index (χ1n) is 6.75. The molecule has 0 radical (unpaired) electrons. The van der Waals surface area contributed by atoms with Crippen LogP contribution in [0.4, 0.5) is 5.69 Å². The van der Waals surface area contributed by atoms with Crippen LogP contribution in [-0.2, 0) is 0 Å². The van der Waals surface area contributed by atoms with Gasteiger partial charge >= 0.3 is 0 Å². The highest BCUT2D eigenvalue weighted by Gasteiger charge is 2.02. The van der Waals surface area contributed by atoms with Gasteiger partial charge in [0, 0.05) is 6.54 Å². The summed E-state index contributed by atoms with van der Waals surface area (Å²) in [7, 11) is 2.17. The van der Waals surface area contributed by atoms with E-state index in [2.05, 4.69) is 25.8 Å². The van der Waals surface area contributed by atoms with E-state index in [-0.39, 0.29) is 0 Å². The van der Waals surface area contributed by atoms with E-state index in [1.165, 1.54) is 6.42 Å². The summed E-state index contributed by atoms with van der Waals surface area (Å²) in [4.78, 5) is 2.36. The minimum absolute atomic E-state index is 0.714. The Bertz CT molecular complexity index is 339. The molecule has 0 spiro atoms. The van der Waals surface area contributed by atoms with Gasteiger partial charge in [-0.15, -0.1) is 0 Å². The zero-order valence-corrected chi connectivity index (χ0v) is 11.9. The van der Waals surface area contributed by atoms with Crippen molar-refractivity contribution < 1.29 is 4.74 Å². The van der Waals surface area contributed by atoms with Crippen LogP contribution in [0.25, 0.3) is 0 Å². The molecule has 2 N–H and O–H groups in total.